The lowest BCUT2D eigenvalue weighted by atomic mass is 10.1. The number of halogens is 1. The van der Waals surface area contributed by atoms with E-state index in [0.717, 1.165) is 11.0 Å². The van der Waals surface area contributed by atoms with Gasteiger partial charge >= 0.3 is 16.1 Å². The molecule has 6 nitrogen and oxygen atoms in total. The molecule has 1 aromatic heterocycles. The Morgan fingerprint density at radius 1 is 1.14 bits per heavy atom. The molecule has 2 aromatic carbocycles. The van der Waals surface area contributed by atoms with Gasteiger partial charge in [0, 0.05) is 15.6 Å². The van der Waals surface area contributed by atoms with Crippen LogP contribution in [-0.2, 0) is 32.7 Å². The van der Waals surface area contributed by atoms with Gasteiger partial charge in [-0.3, -0.25) is 4.79 Å². The first-order valence-electron chi connectivity index (χ1n) is 8.73. The number of esters is 1. The predicted molar refractivity (Wildman–Crippen MR) is 113 cm³/mol. The highest BCUT2D eigenvalue weighted by Crippen LogP contribution is 2.37. The van der Waals surface area contributed by atoms with Crippen LogP contribution in [0.2, 0.25) is 4.34 Å². The topological polar surface area (TPSA) is 78.9 Å². The summed E-state index contributed by atoms with van der Waals surface area (Å²) in [4.78, 5) is 11.8. The molecule has 29 heavy (non-hydrogen) atoms. The molecule has 1 heterocycles. The number of benzene rings is 2. The van der Waals surface area contributed by atoms with Crippen molar-refractivity contribution < 1.29 is 26.9 Å². The first kappa shape index (κ1) is 21.4. The number of hydrogen-bond donors (Lipinski definition) is 0. The lowest BCUT2D eigenvalue weighted by Crippen LogP contribution is -2.09. The number of para-hydroxylation sites is 1. The van der Waals surface area contributed by atoms with Gasteiger partial charge in [-0.05, 0) is 36.8 Å². The molecule has 0 amide bonds. The van der Waals surface area contributed by atoms with Crippen molar-refractivity contribution in [1.82, 2.24) is 0 Å². The van der Waals surface area contributed by atoms with Gasteiger partial charge in [0.1, 0.15) is 12.4 Å². The van der Waals surface area contributed by atoms with Crippen molar-refractivity contribution in [1.29, 1.82) is 0 Å². The first-order valence-corrected chi connectivity index (χ1v) is 11.7. The van der Waals surface area contributed by atoms with Gasteiger partial charge in [0.25, 0.3) is 0 Å². The van der Waals surface area contributed by atoms with Crippen molar-refractivity contribution in [2.75, 3.05) is 12.9 Å². The summed E-state index contributed by atoms with van der Waals surface area (Å²) in [5, 5.41) is 0.622. The maximum atomic E-state index is 11.8. The number of thiophene rings is 1. The molecule has 0 saturated heterocycles. The van der Waals surface area contributed by atoms with Crippen molar-refractivity contribution in [2.45, 2.75) is 20.0 Å². The third kappa shape index (κ3) is 5.85. The van der Waals surface area contributed by atoms with Gasteiger partial charge in [-0.15, -0.1) is 11.3 Å². The Kier molecular flexibility index (Phi) is 6.66. The minimum absolute atomic E-state index is 0.103. The molecular weight excluding hydrogens is 436 g/mol. The highest BCUT2D eigenvalue weighted by molar-refractivity contribution is 7.86. The number of ether oxygens (including phenoxy) is 2. The fraction of sp³-hybridized carbons (Fsp3) is 0.250. The number of carbonyl (C=O) groups is 1. The van der Waals surface area contributed by atoms with E-state index in [0.29, 0.717) is 33.2 Å². The third-order valence-electron chi connectivity index (χ3n) is 3.88. The summed E-state index contributed by atoms with van der Waals surface area (Å²) < 4.78 is 40.6. The predicted octanol–water partition coefficient (Wildman–Crippen LogP) is 4.58. The van der Waals surface area contributed by atoms with E-state index in [1.54, 1.807) is 31.2 Å². The normalized spacial score (nSPS) is 11.4. The zero-order valence-electron chi connectivity index (χ0n) is 15.8. The highest BCUT2D eigenvalue weighted by atomic mass is 35.5. The van der Waals surface area contributed by atoms with Crippen molar-refractivity contribution in [3.63, 3.8) is 0 Å². The second kappa shape index (κ2) is 9.02. The fourth-order valence-corrected chi connectivity index (χ4v) is 4.45. The van der Waals surface area contributed by atoms with E-state index in [-0.39, 0.29) is 24.7 Å². The van der Waals surface area contributed by atoms with Crippen LogP contribution >= 0.6 is 22.9 Å². The molecule has 154 valence electrons. The molecule has 0 aliphatic carbocycles. The fourth-order valence-electron chi connectivity index (χ4n) is 2.76. The number of fused-ring (bicyclic) bond motifs is 1. The van der Waals surface area contributed by atoms with E-state index < -0.39 is 10.1 Å². The number of hydrogen-bond acceptors (Lipinski definition) is 7. The summed E-state index contributed by atoms with van der Waals surface area (Å²) in [6, 6.07) is 12.3. The van der Waals surface area contributed by atoms with Gasteiger partial charge in [0.15, 0.2) is 5.75 Å². The second-order valence-corrected chi connectivity index (χ2v) is 9.51. The van der Waals surface area contributed by atoms with E-state index >= 15 is 0 Å². The first-order chi connectivity index (χ1) is 13.7. The van der Waals surface area contributed by atoms with Crippen LogP contribution in [0.1, 0.15) is 18.1 Å². The van der Waals surface area contributed by atoms with Crippen LogP contribution < -0.4 is 8.92 Å². The molecule has 0 aliphatic heterocycles. The summed E-state index contributed by atoms with van der Waals surface area (Å²) in [6.07, 6.45) is 1.09. The van der Waals surface area contributed by atoms with Crippen molar-refractivity contribution in [3.8, 4) is 11.5 Å². The van der Waals surface area contributed by atoms with Gasteiger partial charge in [0.2, 0.25) is 0 Å². The second-order valence-electron chi connectivity index (χ2n) is 6.22. The van der Waals surface area contributed by atoms with Gasteiger partial charge in [0.05, 0.1) is 23.6 Å². The molecule has 0 atom stereocenters. The number of rotatable bonds is 8. The molecule has 0 N–H and O–H groups in total. The Bertz CT molecular complexity index is 1140. The monoisotopic (exact) mass is 454 g/mol. The summed E-state index contributed by atoms with van der Waals surface area (Å²) in [6.45, 7) is 2.23. The Hall–Kier alpha value is -2.29. The lowest BCUT2D eigenvalue weighted by Gasteiger charge is -2.12. The van der Waals surface area contributed by atoms with E-state index in [1.807, 2.05) is 18.2 Å². The Morgan fingerprint density at radius 3 is 2.62 bits per heavy atom. The van der Waals surface area contributed by atoms with Gasteiger partial charge in [-0.1, -0.05) is 29.8 Å². The maximum Gasteiger partial charge on any atom is 0.310 e. The molecule has 0 radical (unpaired) electrons. The average Bonchev–Trinajstić information content (AvgIpc) is 3.00. The summed E-state index contributed by atoms with van der Waals surface area (Å²) in [5.74, 6) is 0.420. The minimum Gasteiger partial charge on any atom is -0.489 e. The van der Waals surface area contributed by atoms with Crippen LogP contribution in [0.3, 0.4) is 0 Å². The van der Waals surface area contributed by atoms with E-state index in [1.165, 1.54) is 11.3 Å². The molecule has 9 heteroatoms. The van der Waals surface area contributed by atoms with Gasteiger partial charge in [-0.2, -0.15) is 8.42 Å². The number of carbonyl (C=O) groups excluding carboxylic acids is 1. The Balaban J connectivity index is 1.85. The molecule has 3 aromatic rings. The van der Waals surface area contributed by atoms with Crippen LogP contribution in [0.5, 0.6) is 11.5 Å². The molecule has 0 spiro atoms. The molecule has 0 aliphatic rings. The quantitative estimate of drug-likeness (QED) is 0.366. The average molecular weight is 455 g/mol. The van der Waals surface area contributed by atoms with Crippen LogP contribution in [0.4, 0.5) is 0 Å². The molecule has 0 saturated carbocycles. The van der Waals surface area contributed by atoms with Crippen molar-refractivity contribution in [2.24, 2.45) is 0 Å². The van der Waals surface area contributed by atoms with Crippen LogP contribution in [-0.4, -0.2) is 27.2 Å². The highest BCUT2D eigenvalue weighted by Gasteiger charge is 2.15. The minimum atomic E-state index is -3.70. The SMILES string of the molecule is CCOC(=O)Cc1ccccc1OCc1cc(OS(C)(=O)=O)c2cc(Cl)sc2c1. The molecule has 0 unspecified atom stereocenters. The lowest BCUT2D eigenvalue weighted by molar-refractivity contribution is -0.142. The van der Waals surface area contributed by atoms with Crippen molar-refractivity contribution in [3.05, 3.63) is 57.9 Å². The maximum absolute atomic E-state index is 11.8. The smallest absolute Gasteiger partial charge is 0.310 e. The van der Waals surface area contributed by atoms with Crippen molar-refractivity contribution >= 4 is 49.1 Å². The zero-order valence-corrected chi connectivity index (χ0v) is 18.2. The van der Waals surface area contributed by atoms with Crippen LogP contribution in [0.25, 0.3) is 10.1 Å². The Morgan fingerprint density at radius 2 is 1.90 bits per heavy atom. The largest absolute Gasteiger partial charge is 0.489 e. The van der Waals surface area contributed by atoms with Gasteiger partial charge < -0.3 is 13.7 Å². The van der Waals surface area contributed by atoms with Crippen LogP contribution in [0.15, 0.2) is 42.5 Å². The molecule has 3 rings (SSSR count). The zero-order chi connectivity index (χ0) is 21.0. The van der Waals surface area contributed by atoms with E-state index in [9.17, 15) is 13.2 Å². The Labute approximate surface area is 178 Å². The molecular formula is C20H19ClO6S2. The summed E-state index contributed by atoms with van der Waals surface area (Å²) in [7, 11) is -3.70. The van der Waals surface area contributed by atoms with Crippen LogP contribution in [0, 0.1) is 0 Å². The molecule has 0 bridgehead atoms. The summed E-state index contributed by atoms with van der Waals surface area (Å²) in [5.41, 5.74) is 1.42. The molecule has 0 fully saturated rings. The standard InChI is InChI=1S/C20H19ClO6S2/c1-3-25-20(22)10-14-6-4-5-7-16(14)26-12-13-8-17(27-29(2,23)24)15-11-19(21)28-18(15)9-13/h4-9,11H,3,10,12H2,1-2H3. The van der Waals surface area contributed by atoms with Gasteiger partial charge in [-0.25, -0.2) is 0 Å². The third-order valence-corrected chi connectivity index (χ3v) is 5.57. The summed E-state index contributed by atoms with van der Waals surface area (Å²) >= 11 is 7.40. The van der Waals surface area contributed by atoms with E-state index in [2.05, 4.69) is 0 Å². The van der Waals surface area contributed by atoms with E-state index in [4.69, 9.17) is 25.3 Å².